The van der Waals surface area contributed by atoms with E-state index in [-0.39, 0.29) is 5.92 Å². The lowest BCUT2D eigenvalue weighted by Gasteiger charge is -2.24. The number of carbonyl (C=O) groups is 1. The van der Waals surface area contributed by atoms with Gasteiger partial charge in [0.15, 0.2) is 0 Å². The third-order valence-electron chi connectivity index (χ3n) is 2.91. The predicted molar refractivity (Wildman–Crippen MR) is 62.1 cm³/mol. The molecule has 0 saturated heterocycles. The highest BCUT2D eigenvalue weighted by molar-refractivity contribution is 8.00. The monoisotopic (exact) mass is 232 g/mol. The quantitative estimate of drug-likeness (QED) is 0.762. The van der Waals surface area contributed by atoms with Gasteiger partial charge in [0.05, 0.1) is 5.60 Å². The molecule has 0 amide bonds. The number of hydrogen-bond donors (Lipinski definition) is 2. The van der Waals surface area contributed by atoms with Gasteiger partial charge in [0.25, 0.3) is 0 Å². The summed E-state index contributed by atoms with van der Waals surface area (Å²) < 4.78 is 0. The number of hydrogen-bond acceptors (Lipinski definition) is 3. The van der Waals surface area contributed by atoms with Crippen LogP contribution in [0.25, 0.3) is 0 Å². The molecule has 0 aromatic heterocycles. The lowest BCUT2D eigenvalue weighted by atomic mass is 10.1. The van der Waals surface area contributed by atoms with Crippen LogP contribution in [0, 0.1) is 5.92 Å². The summed E-state index contributed by atoms with van der Waals surface area (Å²) >= 11 is 1.38. The van der Waals surface area contributed by atoms with E-state index in [9.17, 15) is 9.90 Å². The Bertz CT molecular complexity index is 222. The predicted octanol–water partition coefficient (Wildman–Crippen LogP) is 2.13. The normalized spacial score (nSPS) is 21.9. The molecular formula is C11H20O3S. The van der Waals surface area contributed by atoms with Gasteiger partial charge in [0.1, 0.15) is 5.25 Å². The van der Waals surface area contributed by atoms with Crippen LogP contribution in [0.2, 0.25) is 0 Å². The summed E-state index contributed by atoms with van der Waals surface area (Å²) in [6, 6.07) is 0. The van der Waals surface area contributed by atoms with Gasteiger partial charge in [0.2, 0.25) is 0 Å². The Labute approximate surface area is 95.3 Å². The van der Waals surface area contributed by atoms with Crippen molar-refractivity contribution in [3.63, 3.8) is 0 Å². The summed E-state index contributed by atoms with van der Waals surface area (Å²) in [5.74, 6) is -0.101. The Morgan fingerprint density at radius 2 is 1.93 bits per heavy atom. The SMILES string of the molecule is CC(C)C(SCC1(O)CCCC1)C(=O)O. The molecule has 1 unspecified atom stereocenters. The molecule has 3 nitrogen and oxygen atoms in total. The van der Waals surface area contributed by atoms with Gasteiger partial charge in [-0.25, -0.2) is 0 Å². The summed E-state index contributed by atoms with van der Waals surface area (Å²) in [4.78, 5) is 10.9. The second-order valence-electron chi connectivity index (χ2n) is 4.75. The van der Waals surface area contributed by atoms with Crippen molar-refractivity contribution < 1.29 is 15.0 Å². The second-order valence-corrected chi connectivity index (χ2v) is 5.88. The third-order valence-corrected chi connectivity index (χ3v) is 4.72. The van der Waals surface area contributed by atoms with Gasteiger partial charge < -0.3 is 10.2 Å². The molecule has 88 valence electrons. The molecule has 0 bridgehead atoms. The fraction of sp³-hybridized carbons (Fsp3) is 0.909. The van der Waals surface area contributed by atoms with Gasteiger partial charge in [-0.15, -0.1) is 11.8 Å². The van der Waals surface area contributed by atoms with Crippen LogP contribution in [0.5, 0.6) is 0 Å². The van der Waals surface area contributed by atoms with E-state index in [0.29, 0.717) is 5.75 Å². The molecule has 1 rings (SSSR count). The van der Waals surface area contributed by atoms with Gasteiger partial charge in [0, 0.05) is 5.75 Å². The van der Waals surface area contributed by atoms with Crippen molar-refractivity contribution in [2.75, 3.05) is 5.75 Å². The van der Waals surface area contributed by atoms with Crippen LogP contribution in [0.15, 0.2) is 0 Å². The van der Waals surface area contributed by atoms with Crippen LogP contribution in [-0.4, -0.2) is 32.8 Å². The summed E-state index contributed by atoms with van der Waals surface area (Å²) in [5.41, 5.74) is -0.604. The molecule has 0 aromatic carbocycles. The molecule has 15 heavy (non-hydrogen) atoms. The summed E-state index contributed by atoms with van der Waals surface area (Å²) in [7, 11) is 0. The minimum Gasteiger partial charge on any atom is -0.480 e. The van der Waals surface area contributed by atoms with Gasteiger partial charge in [-0.2, -0.15) is 0 Å². The van der Waals surface area contributed by atoms with Crippen LogP contribution in [-0.2, 0) is 4.79 Å². The number of carboxylic acid groups (broad SMARTS) is 1. The number of aliphatic hydroxyl groups is 1. The fourth-order valence-electron chi connectivity index (χ4n) is 1.97. The van der Waals surface area contributed by atoms with Gasteiger partial charge in [-0.05, 0) is 18.8 Å². The smallest absolute Gasteiger partial charge is 0.316 e. The highest BCUT2D eigenvalue weighted by Gasteiger charge is 2.33. The molecular weight excluding hydrogens is 212 g/mol. The molecule has 0 aromatic rings. The van der Waals surface area contributed by atoms with E-state index in [2.05, 4.69) is 0 Å². The van der Waals surface area contributed by atoms with E-state index < -0.39 is 16.8 Å². The largest absolute Gasteiger partial charge is 0.480 e. The zero-order chi connectivity index (χ0) is 11.5. The van der Waals surface area contributed by atoms with Crippen molar-refractivity contribution in [3.8, 4) is 0 Å². The second kappa shape index (κ2) is 5.21. The van der Waals surface area contributed by atoms with Crippen LogP contribution in [0.4, 0.5) is 0 Å². The first kappa shape index (κ1) is 12.8. The molecule has 0 heterocycles. The van der Waals surface area contributed by atoms with Crippen molar-refractivity contribution in [1.82, 2.24) is 0 Å². The Hall–Kier alpha value is -0.220. The highest BCUT2D eigenvalue weighted by atomic mass is 32.2. The maximum absolute atomic E-state index is 10.9. The number of aliphatic carboxylic acids is 1. The average molecular weight is 232 g/mol. The van der Waals surface area contributed by atoms with Crippen LogP contribution in [0.1, 0.15) is 39.5 Å². The van der Waals surface area contributed by atoms with Gasteiger partial charge in [-0.3, -0.25) is 4.79 Å². The van der Waals surface area contributed by atoms with E-state index in [0.717, 1.165) is 25.7 Å². The van der Waals surface area contributed by atoms with Crippen molar-refractivity contribution in [3.05, 3.63) is 0 Å². The van der Waals surface area contributed by atoms with E-state index in [4.69, 9.17) is 5.11 Å². The molecule has 1 saturated carbocycles. The lowest BCUT2D eigenvalue weighted by molar-refractivity contribution is -0.137. The van der Waals surface area contributed by atoms with Crippen molar-refractivity contribution >= 4 is 17.7 Å². The van der Waals surface area contributed by atoms with E-state index in [1.165, 1.54) is 11.8 Å². The van der Waals surface area contributed by atoms with E-state index in [1.54, 1.807) is 0 Å². The number of carboxylic acids is 1. The minimum atomic E-state index is -0.767. The summed E-state index contributed by atoms with van der Waals surface area (Å²) in [6.45, 7) is 3.81. The molecule has 0 aliphatic heterocycles. The molecule has 4 heteroatoms. The highest BCUT2D eigenvalue weighted by Crippen LogP contribution is 2.34. The molecule has 0 radical (unpaired) electrons. The molecule has 2 N–H and O–H groups in total. The summed E-state index contributed by atoms with van der Waals surface area (Å²) in [5, 5.41) is 18.7. The van der Waals surface area contributed by atoms with Crippen LogP contribution in [0.3, 0.4) is 0 Å². The average Bonchev–Trinajstić information content (AvgIpc) is 2.51. The molecule has 1 atom stereocenters. The van der Waals surface area contributed by atoms with Gasteiger partial charge >= 0.3 is 5.97 Å². The van der Waals surface area contributed by atoms with Crippen LogP contribution < -0.4 is 0 Å². The lowest BCUT2D eigenvalue weighted by Crippen LogP contribution is -2.31. The zero-order valence-corrected chi connectivity index (χ0v) is 10.2. The number of thioether (sulfide) groups is 1. The van der Waals surface area contributed by atoms with E-state index >= 15 is 0 Å². The maximum atomic E-state index is 10.9. The first-order valence-electron chi connectivity index (χ1n) is 5.51. The number of rotatable bonds is 5. The van der Waals surface area contributed by atoms with Crippen molar-refractivity contribution in [1.29, 1.82) is 0 Å². The fourth-order valence-corrected chi connectivity index (χ4v) is 3.28. The summed E-state index contributed by atoms with van der Waals surface area (Å²) in [6.07, 6.45) is 3.78. The molecule has 1 aliphatic carbocycles. The first-order chi connectivity index (χ1) is 6.94. The van der Waals surface area contributed by atoms with E-state index in [1.807, 2.05) is 13.8 Å². The molecule has 1 fully saturated rings. The first-order valence-corrected chi connectivity index (χ1v) is 6.56. The zero-order valence-electron chi connectivity index (χ0n) is 9.40. The Morgan fingerprint density at radius 1 is 1.40 bits per heavy atom. The van der Waals surface area contributed by atoms with Crippen LogP contribution >= 0.6 is 11.8 Å². The Morgan fingerprint density at radius 3 is 2.33 bits per heavy atom. The topological polar surface area (TPSA) is 57.5 Å². The Kier molecular flexibility index (Phi) is 4.46. The minimum absolute atomic E-state index is 0.109. The molecule has 0 spiro atoms. The maximum Gasteiger partial charge on any atom is 0.316 e. The van der Waals surface area contributed by atoms with Crippen molar-refractivity contribution in [2.24, 2.45) is 5.92 Å². The standard InChI is InChI=1S/C11H20O3S/c1-8(2)9(10(12)13)15-7-11(14)5-3-4-6-11/h8-9,14H,3-7H2,1-2H3,(H,12,13). The van der Waals surface area contributed by atoms with Gasteiger partial charge in [-0.1, -0.05) is 26.7 Å². The Balaban J connectivity index is 2.42. The van der Waals surface area contributed by atoms with Crippen molar-refractivity contribution in [2.45, 2.75) is 50.4 Å². The molecule has 1 aliphatic rings. The third kappa shape index (κ3) is 3.68.